The van der Waals surface area contributed by atoms with Crippen molar-refractivity contribution in [2.45, 2.75) is 30.5 Å². The third kappa shape index (κ3) is 3.80. The highest BCUT2D eigenvalue weighted by molar-refractivity contribution is 7.99. The van der Waals surface area contributed by atoms with Crippen LogP contribution in [-0.2, 0) is 4.74 Å². The molecule has 1 saturated heterocycles. The van der Waals surface area contributed by atoms with Gasteiger partial charge in [-0.1, -0.05) is 53.7 Å². The number of hydrogen-bond acceptors (Lipinski definition) is 4. The molecule has 0 aliphatic carbocycles. The number of hydrogen-bond donors (Lipinski definition) is 0. The van der Waals surface area contributed by atoms with E-state index in [1.807, 2.05) is 42.5 Å². The van der Waals surface area contributed by atoms with Gasteiger partial charge in [0.25, 0.3) is 0 Å². The summed E-state index contributed by atoms with van der Waals surface area (Å²) in [7, 11) is 0. The Morgan fingerprint density at radius 2 is 1.85 bits per heavy atom. The van der Waals surface area contributed by atoms with E-state index in [-0.39, 0.29) is 0 Å². The largest absolute Gasteiger partial charge is 0.377 e. The second-order valence-corrected chi connectivity index (χ2v) is 7.65. The van der Waals surface area contributed by atoms with Gasteiger partial charge in [-0.05, 0) is 43.5 Å². The summed E-state index contributed by atoms with van der Waals surface area (Å²) in [6, 6.07) is 17.9. The first-order chi connectivity index (χ1) is 12.8. The fourth-order valence-electron chi connectivity index (χ4n) is 3.10. The van der Waals surface area contributed by atoms with Gasteiger partial charge in [-0.3, -0.25) is 4.57 Å². The Kier molecular flexibility index (Phi) is 5.58. The van der Waals surface area contributed by atoms with Gasteiger partial charge in [0.05, 0.1) is 11.1 Å². The van der Waals surface area contributed by atoms with E-state index in [4.69, 9.17) is 16.3 Å². The molecule has 4 rings (SSSR count). The SMILES string of the molecule is Clc1ccccc1-c1nnc(SC[C@H]2CCCCO2)n1-c1ccccc1. The van der Waals surface area contributed by atoms with Crippen molar-refractivity contribution in [3.8, 4) is 17.1 Å². The molecule has 3 aromatic rings. The van der Waals surface area contributed by atoms with Gasteiger partial charge in [0.2, 0.25) is 0 Å². The second-order valence-electron chi connectivity index (χ2n) is 6.26. The van der Waals surface area contributed by atoms with Crippen LogP contribution in [0.15, 0.2) is 59.8 Å². The van der Waals surface area contributed by atoms with Crippen LogP contribution in [0.3, 0.4) is 0 Å². The van der Waals surface area contributed by atoms with Crippen molar-refractivity contribution in [3.63, 3.8) is 0 Å². The number of thioether (sulfide) groups is 1. The van der Waals surface area contributed by atoms with Crippen LogP contribution in [0.2, 0.25) is 5.02 Å². The van der Waals surface area contributed by atoms with Gasteiger partial charge in [0.15, 0.2) is 11.0 Å². The van der Waals surface area contributed by atoms with E-state index in [0.29, 0.717) is 11.1 Å². The zero-order valence-electron chi connectivity index (χ0n) is 14.3. The number of nitrogens with zero attached hydrogens (tertiary/aromatic N) is 3. The Morgan fingerprint density at radius 1 is 1.04 bits per heavy atom. The van der Waals surface area contributed by atoms with E-state index < -0.39 is 0 Å². The molecule has 1 aliphatic heterocycles. The highest BCUT2D eigenvalue weighted by Crippen LogP contribution is 2.32. The second kappa shape index (κ2) is 8.25. The van der Waals surface area contributed by atoms with Crippen molar-refractivity contribution in [2.75, 3.05) is 12.4 Å². The van der Waals surface area contributed by atoms with Crippen molar-refractivity contribution in [3.05, 3.63) is 59.6 Å². The number of aromatic nitrogens is 3. The monoisotopic (exact) mass is 385 g/mol. The highest BCUT2D eigenvalue weighted by atomic mass is 35.5. The van der Waals surface area contributed by atoms with Crippen LogP contribution in [0.25, 0.3) is 17.1 Å². The fraction of sp³-hybridized carbons (Fsp3) is 0.300. The minimum absolute atomic E-state index is 0.290. The minimum atomic E-state index is 0.290. The topological polar surface area (TPSA) is 39.9 Å². The Balaban J connectivity index is 1.69. The van der Waals surface area contributed by atoms with E-state index in [1.54, 1.807) is 11.8 Å². The maximum absolute atomic E-state index is 6.42. The molecule has 2 heterocycles. The van der Waals surface area contributed by atoms with E-state index in [2.05, 4.69) is 26.9 Å². The van der Waals surface area contributed by atoms with E-state index >= 15 is 0 Å². The Morgan fingerprint density at radius 3 is 2.62 bits per heavy atom. The van der Waals surface area contributed by atoms with Crippen LogP contribution in [0, 0.1) is 0 Å². The van der Waals surface area contributed by atoms with Gasteiger partial charge < -0.3 is 4.74 Å². The predicted molar refractivity (Wildman–Crippen MR) is 106 cm³/mol. The molecule has 0 amide bonds. The molecule has 6 heteroatoms. The van der Waals surface area contributed by atoms with Crippen LogP contribution < -0.4 is 0 Å². The Hall–Kier alpha value is -1.82. The molecule has 0 N–H and O–H groups in total. The number of para-hydroxylation sites is 1. The molecule has 0 radical (unpaired) electrons. The zero-order valence-corrected chi connectivity index (χ0v) is 15.9. The van der Waals surface area contributed by atoms with Crippen LogP contribution >= 0.6 is 23.4 Å². The van der Waals surface area contributed by atoms with E-state index in [9.17, 15) is 0 Å². The normalized spacial score (nSPS) is 17.3. The van der Waals surface area contributed by atoms with Gasteiger partial charge in [-0.15, -0.1) is 10.2 Å². The van der Waals surface area contributed by atoms with Crippen LogP contribution in [0.5, 0.6) is 0 Å². The maximum Gasteiger partial charge on any atom is 0.196 e. The molecule has 4 nitrogen and oxygen atoms in total. The molecule has 26 heavy (non-hydrogen) atoms. The molecule has 1 aromatic heterocycles. The number of benzene rings is 2. The lowest BCUT2D eigenvalue weighted by Crippen LogP contribution is -2.21. The lowest BCUT2D eigenvalue weighted by Gasteiger charge is -2.22. The molecule has 0 spiro atoms. The third-order valence-electron chi connectivity index (χ3n) is 4.43. The van der Waals surface area contributed by atoms with Gasteiger partial charge in [-0.25, -0.2) is 0 Å². The lowest BCUT2D eigenvalue weighted by atomic mass is 10.1. The number of ether oxygens (including phenoxy) is 1. The fourth-order valence-corrected chi connectivity index (χ4v) is 4.33. The van der Waals surface area contributed by atoms with Gasteiger partial charge in [0, 0.05) is 23.6 Å². The summed E-state index contributed by atoms with van der Waals surface area (Å²) in [6.45, 7) is 0.863. The lowest BCUT2D eigenvalue weighted by molar-refractivity contribution is 0.0315. The van der Waals surface area contributed by atoms with Crippen LogP contribution in [0.1, 0.15) is 19.3 Å². The molecule has 134 valence electrons. The molecule has 1 fully saturated rings. The molecular formula is C20H20ClN3OS. The first-order valence-electron chi connectivity index (χ1n) is 8.83. The van der Waals surface area contributed by atoms with Crippen molar-refractivity contribution in [2.24, 2.45) is 0 Å². The summed E-state index contributed by atoms with van der Waals surface area (Å²) in [5, 5.41) is 10.4. The highest BCUT2D eigenvalue weighted by Gasteiger charge is 2.20. The van der Waals surface area contributed by atoms with Crippen molar-refractivity contribution in [1.82, 2.24) is 14.8 Å². The molecule has 0 bridgehead atoms. The van der Waals surface area contributed by atoms with E-state index in [1.165, 1.54) is 6.42 Å². The molecule has 2 aromatic carbocycles. The number of rotatable bonds is 5. The van der Waals surface area contributed by atoms with Crippen molar-refractivity contribution in [1.29, 1.82) is 0 Å². The third-order valence-corrected chi connectivity index (χ3v) is 5.83. The van der Waals surface area contributed by atoms with Gasteiger partial charge in [0.1, 0.15) is 0 Å². The van der Waals surface area contributed by atoms with Crippen molar-refractivity contribution >= 4 is 23.4 Å². The first-order valence-corrected chi connectivity index (χ1v) is 10.2. The summed E-state index contributed by atoms with van der Waals surface area (Å²) in [4.78, 5) is 0. The molecule has 0 saturated carbocycles. The van der Waals surface area contributed by atoms with E-state index in [0.717, 1.165) is 47.4 Å². The molecule has 1 atom stereocenters. The minimum Gasteiger partial charge on any atom is -0.377 e. The average molecular weight is 386 g/mol. The maximum atomic E-state index is 6.42. The summed E-state index contributed by atoms with van der Waals surface area (Å²) in [5.41, 5.74) is 1.91. The summed E-state index contributed by atoms with van der Waals surface area (Å²) >= 11 is 8.11. The Labute approximate surface area is 162 Å². The smallest absolute Gasteiger partial charge is 0.196 e. The summed E-state index contributed by atoms with van der Waals surface area (Å²) < 4.78 is 7.93. The summed E-state index contributed by atoms with van der Waals surface area (Å²) in [5.74, 6) is 1.64. The standard InChI is InChI=1S/C20H20ClN3OS/c21-18-12-5-4-11-17(18)19-22-23-20(24(19)15-8-2-1-3-9-15)26-14-16-10-6-7-13-25-16/h1-5,8-9,11-12,16H,6-7,10,13-14H2/t16-/m1/s1. The summed E-state index contributed by atoms with van der Waals surface area (Å²) in [6.07, 6.45) is 3.81. The van der Waals surface area contributed by atoms with Gasteiger partial charge in [-0.2, -0.15) is 0 Å². The zero-order chi connectivity index (χ0) is 17.8. The van der Waals surface area contributed by atoms with Crippen LogP contribution in [0.4, 0.5) is 0 Å². The predicted octanol–water partition coefficient (Wildman–Crippen LogP) is 5.25. The molecule has 1 aliphatic rings. The first kappa shape index (κ1) is 17.6. The van der Waals surface area contributed by atoms with Crippen molar-refractivity contribution < 1.29 is 4.74 Å². The van der Waals surface area contributed by atoms with Crippen LogP contribution in [-0.4, -0.2) is 33.2 Å². The molecule has 0 unspecified atom stereocenters. The average Bonchev–Trinajstić information content (AvgIpc) is 3.12. The number of halogens is 1. The molecular weight excluding hydrogens is 366 g/mol. The van der Waals surface area contributed by atoms with Gasteiger partial charge >= 0.3 is 0 Å². The Bertz CT molecular complexity index is 863. The quantitative estimate of drug-likeness (QED) is 0.562.